The van der Waals surface area contributed by atoms with Crippen LogP contribution in [0.1, 0.15) is 52.0 Å². The lowest BCUT2D eigenvalue weighted by atomic mass is 9.74. The Kier molecular flexibility index (Phi) is 7.84. The maximum Gasteiger partial charge on any atom is 0.323 e. The summed E-state index contributed by atoms with van der Waals surface area (Å²) in [6.07, 6.45) is 0.922. The molecule has 0 spiro atoms. The molecule has 3 rings (SSSR count). The number of carbonyl (C=O) groups is 2. The number of hydrogen-bond acceptors (Lipinski definition) is 6. The number of methoxy groups -OCH3 is 2. The van der Waals surface area contributed by atoms with Crippen LogP contribution in [0.5, 0.6) is 0 Å². The van der Waals surface area contributed by atoms with Crippen LogP contribution in [0.15, 0.2) is 54.6 Å². The third kappa shape index (κ3) is 4.28. The molecule has 0 heterocycles. The standard InChI is InChI=1S/C27H35NO6Si/c1-18(2)35(19(3)4,22-10-8-7-9-11-22)23-16-24(20-12-14-21(15-13-20)28(31)32)27(17-23,25(29)33-5)26(30)34-6/h7-15,18-19,23-24H,16-17H2,1-6H3/t23-,24-/m1/s1. The van der Waals surface area contributed by atoms with E-state index in [0.29, 0.717) is 29.5 Å². The molecule has 0 radical (unpaired) electrons. The minimum Gasteiger partial charge on any atom is -0.468 e. The maximum absolute atomic E-state index is 13.4. The summed E-state index contributed by atoms with van der Waals surface area (Å²) in [5, 5.41) is 12.5. The van der Waals surface area contributed by atoms with Crippen LogP contribution in [0.2, 0.25) is 16.6 Å². The normalized spacial score (nSPS) is 19.5. The second-order valence-corrected chi connectivity index (χ2v) is 15.7. The summed E-state index contributed by atoms with van der Waals surface area (Å²) in [4.78, 5) is 37.6. The first-order valence-corrected chi connectivity index (χ1v) is 14.3. The van der Waals surface area contributed by atoms with Gasteiger partial charge in [0.25, 0.3) is 5.69 Å². The Morgan fingerprint density at radius 3 is 1.89 bits per heavy atom. The number of carbonyl (C=O) groups excluding carboxylic acids is 2. The third-order valence-corrected chi connectivity index (χ3v) is 15.1. The number of non-ortho nitro benzene ring substituents is 1. The monoisotopic (exact) mass is 497 g/mol. The lowest BCUT2D eigenvalue weighted by Crippen LogP contribution is -2.56. The fourth-order valence-electron chi connectivity index (χ4n) is 6.85. The van der Waals surface area contributed by atoms with Crippen molar-refractivity contribution in [1.29, 1.82) is 0 Å². The molecule has 188 valence electrons. The van der Waals surface area contributed by atoms with Crippen LogP contribution in [0.3, 0.4) is 0 Å². The highest BCUT2D eigenvalue weighted by molar-refractivity contribution is 6.95. The third-order valence-electron chi connectivity index (χ3n) is 8.15. The first kappa shape index (κ1) is 26.6. The predicted molar refractivity (Wildman–Crippen MR) is 137 cm³/mol. The molecule has 2 aromatic rings. The van der Waals surface area contributed by atoms with Gasteiger partial charge in [-0.15, -0.1) is 0 Å². The van der Waals surface area contributed by atoms with Crippen LogP contribution in [-0.4, -0.2) is 39.2 Å². The maximum atomic E-state index is 13.4. The molecule has 1 saturated carbocycles. The van der Waals surface area contributed by atoms with E-state index in [1.165, 1.54) is 31.5 Å². The van der Waals surface area contributed by atoms with Crippen LogP contribution < -0.4 is 5.19 Å². The molecule has 1 aliphatic rings. The fourth-order valence-corrected chi connectivity index (χ4v) is 13.9. The summed E-state index contributed by atoms with van der Waals surface area (Å²) in [6, 6.07) is 16.6. The molecule has 1 fully saturated rings. The van der Waals surface area contributed by atoms with Crippen molar-refractivity contribution in [1.82, 2.24) is 0 Å². The van der Waals surface area contributed by atoms with Crippen LogP contribution in [0.4, 0.5) is 5.69 Å². The Bertz CT molecular complexity index is 1040. The Balaban J connectivity index is 2.26. The molecule has 2 aromatic carbocycles. The Labute approximate surface area is 208 Å². The fraction of sp³-hybridized carbons (Fsp3) is 0.481. The molecule has 0 amide bonds. The quantitative estimate of drug-likeness (QED) is 0.160. The summed E-state index contributed by atoms with van der Waals surface area (Å²) in [7, 11) is 0.257. The van der Waals surface area contributed by atoms with E-state index < -0.39 is 36.3 Å². The smallest absolute Gasteiger partial charge is 0.323 e. The van der Waals surface area contributed by atoms with E-state index in [1.807, 2.05) is 6.07 Å². The van der Waals surface area contributed by atoms with Crippen molar-refractivity contribution in [2.24, 2.45) is 5.41 Å². The molecule has 0 saturated heterocycles. The summed E-state index contributed by atoms with van der Waals surface area (Å²) < 4.78 is 10.5. The molecule has 8 heteroatoms. The van der Waals surface area contributed by atoms with E-state index in [0.717, 1.165) is 0 Å². The Morgan fingerprint density at radius 1 is 0.943 bits per heavy atom. The lowest BCUT2D eigenvalue weighted by molar-refractivity contribution is -0.384. The van der Waals surface area contributed by atoms with Crippen molar-refractivity contribution < 1.29 is 24.0 Å². The number of nitro benzene ring substituents is 1. The van der Waals surface area contributed by atoms with Crippen molar-refractivity contribution in [2.75, 3.05) is 14.2 Å². The van der Waals surface area contributed by atoms with Gasteiger partial charge in [0, 0.05) is 18.1 Å². The number of rotatable bonds is 8. The van der Waals surface area contributed by atoms with Gasteiger partial charge in [-0.25, -0.2) is 0 Å². The van der Waals surface area contributed by atoms with Crippen molar-refractivity contribution >= 4 is 30.9 Å². The molecule has 0 aliphatic heterocycles. The van der Waals surface area contributed by atoms with Crippen LogP contribution in [0, 0.1) is 15.5 Å². The topological polar surface area (TPSA) is 95.7 Å². The van der Waals surface area contributed by atoms with Gasteiger partial charge < -0.3 is 9.47 Å². The van der Waals surface area contributed by atoms with Gasteiger partial charge in [-0.2, -0.15) is 0 Å². The van der Waals surface area contributed by atoms with Crippen molar-refractivity contribution in [3.8, 4) is 0 Å². The zero-order valence-electron chi connectivity index (χ0n) is 21.3. The van der Waals surface area contributed by atoms with Crippen molar-refractivity contribution in [3.63, 3.8) is 0 Å². The van der Waals surface area contributed by atoms with Crippen molar-refractivity contribution in [3.05, 3.63) is 70.3 Å². The van der Waals surface area contributed by atoms with Crippen LogP contribution >= 0.6 is 0 Å². The van der Waals surface area contributed by atoms with E-state index in [4.69, 9.17) is 9.47 Å². The van der Waals surface area contributed by atoms with Gasteiger partial charge in [0.05, 0.1) is 27.2 Å². The van der Waals surface area contributed by atoms with E-state index in [1.54, 1.807) is 12.1 Å². The SMILES string of the molecule is COC(=O)C1(C(=O)OC)C[C@H]([Si](c2ccccc2)(C(C)C)C(C)C)C[C@@H]1c1ccc([N+](=O)[O-])cc1. The average molecular weight is 498 g/mol. The Hall–Kier alpha value is -3.00. The molecule has 35 heavy (non-hydrogen) atoms. The zero-order chi connectivity index (χ0) is 26.0. The number of nitrogens with zero attached hydrogens (tertiary/aromatic N) is 1. The molecule has 1 aliphatic carbocycles. The number of nitro groups is 1. The van der Waals surface area contributed by atoms with Crippen LogP contribution in [-0.2, 0) is 19.1 Å². The van der Waals surface area contributed by atoms with E-state index in [-0.39, 0.29) is 11.2 Å². The van der Waals surface area contributed by atoms with Gasteiger partial charge in [-0.3, -0.25) is 19.7 Å². The van der Waals surface area contributed by atoms with Gasteiger partial charge in [0.15, 0.2) is 5.41 Å². The highest BCUT2D eigenvalue weighted by Gasteiger charge is 2.65. The van der Waals surface area contributed by atoms with Gasteiger partial charge >= 0.3 is 11.9 Å². The van der Waals surface area contributed by atoms with E-state index in [9.17, 15) is 19.7 Å². The first-order chi connectivity index (χ1) is 16.6. The van der Waals surface area contributed by atoms with Crippen LogP contribution in [0.25, 0.3) is 0 Å². The molecule has 0 aromatic heterocycles. The molecule has 2 atom stereocenters. The summed E-state index contributed by atoms with van der Waals surface area (Å²) in [6.45, 7) is 8.99. The number of benzene rings is 2. The molecule has 0 bridgehead atoms. The second-order valence-electron chi connectivity index (χ2n) is 10.1. The number of hydrogen-bond donors (Lipinski definition) is 0. The van der Waals surface area contributed by atoms with Crippen molar-refractivity contribution in [2.45, 2.75) is 63.1 Å². The molecule has 7 nitrogen and oxygen atoms in total. The highest BCUT2D eigenvalue weighted by Crippen LogP contribution is 2.61. The minimum absolute atomic E-state index is 0.0394. The molecule has 0 unspecified atom stereocenters. The average Bonchev–Trinajstić information content (AvgIpc) is 3.25. The summed E-state index contributed by atoms with van der Waals surface area (Å²) in [5.41, 5.74) is -0.0683. The van der Waals surface area contributed by atoms with Gasteiger partial charge in [-0.05, 0) is 35.0 Å². The lowest BCUT2D eigenvalue weighted by Gasteiger charge is -2.45. The van der Waals surface area contributed by atoms with E-state index >= 15 is 0 Å². The Morgan fingerprint density at radius 2 is 1.46 bits per heavy atom. The summed E-state index contributed by atoms with van der Waals surface area (Å²) >= 11 is 0. The van der Waals surface area contributed by atoms with Gasteiger partial charge in [0.1, 0.15) is 0 Å². The van der Waals surface area contributed by atoms with Gasteiger partial charge in [-0.1, -0.05) is 75.3 Å². The summed E-state index contributed by atoms with van der Waals surface area (Å²) in [5.74, 6) is -1.74. The minimum atomic E-state index is -2.33. The predicted octanol–water partition coefficient (Wildman–Crippen LogP) is 5.35. The van der Waals surface area contributed by atoms with E-state index in [2.05, 4.69) is 52.0 Å². The largest absolute Gasteiger partial charge is 0.468 e. The van der Waals surface area contributed by atoms with Gasteiger partial charge in [0.2, 0.25) is 0 Å². The molecule has 0 N–H and O–H groups in total. The second kappa shape index (κ2) is 10.3. The molecular weight excluding hydrogens is 462 g/mol. The zero-order valence-corrected chi connectivity index (χ0v) is 22.3. The molecular formula is C27H35NO6Si. The number of esters is 2. The number of ether oxygens (including phenoxy) is 2. The highest BCUT2D eigenvalue weighted by atomic mass is 28.3. The first-order valence-electron chi connectivity index (χ1n) is 12.0.